The summed E-state index contributed by atoms with van der Waals surface area (Å²) in [6, 6.07) is 12.1. The number of hydrogen-bond acceptors (Lipinski definition) is 3. The molecule has 0 saturated carbocycles. The molecule has 1 N–H and O–H groups in total. The summed E-state index contributed by atoms with van der Waals surface area (Å²) in [4.78, 5) is 37.9. The third kappa shape index (κ3) is 3.03. The van der Waals surface area contributed by atoms with Crippen LogP contribution in [-0.2, 0) is 16.0 Å². The van der Waals surface area contributed by atoms with Crippen LogP contribution in [0.25, 0.3) is 0 Å². The molecule has 0 saturated heterocycles. The standard InChI is InChI=1S/C18H15ClN2O3/c1-11-14(19)7-4-8-15(11)20-16(22)10-21-17(23)9-12-5-2-3-6-13(12)18(21)24/h2-8H,9-10H2,1H3,(H,20,22). The van der Waals surface area contributed by atoms with E-state index in [2.05, 4.69) is 5.32 Å². The molecule has 0 atom stereocenters. The maximum Gasteiger partial charge on any atom is 0.261 e. The van der Waals surface area contributed by atoms with Crippen molar-refractivity contribution in [2.24, 2.45) is 0 Å². The number of benzene rings is 2. The van der Waals surface area contributed by atoms with Gasteiger partial charge in [0, 0.05) is 16.3 Å². The predicted octanol–water partition coefficient (Wildman–Crippen LogP) is 2.81. The maximum atomic E-state index is 12.4. The Balaban J connectivity index is 1.76. The molecule has 3 rings (SSSR count). The molecule has 1 aliphatic heterocycles. The van der Waals surface area contributed by atoms with Crippen molar-refractivity contribution in [1.29, 1.82) is 0 Å². The highest BCUT2D eigenvalue weighted by atomic mass is 35.5. The van der Waals surface area contributed by atoms with Crippen molar-refractivity contribution in [3.05, 3.63) is 64.2 Å². The van der Waals surface area contributed by atoms with Gasteiger partial charge in [0.1, 0.15) is 6.54 Å². The molecule has 6 heteroatoms. The van der Waals surface area contributed by atoms with Crippen molar-refractivity contribution >= 4 is 35.0 Å². The van der Waals surface area contributed by atoms with E-state index in [0.29, 0.717) is 21.8 Å². The van der Waals surface area contributed by atoms with E-state index >= 15 is 0 Å². The predicted molar refractivity (Wildman–Crippen MR) is 91.0 cm³/mol. The normalized spacial score (nSPS) is 13.7. The van der Waals surface area contributed by atoms with Gasteiger partial charge in [-0.1, -0.05) is 35.9 Å². The molecule has 1 aliphatic rings. The van der Waals surface area contributed by atoms with E-state index in [1.165, 1.54) is 0 Å². The van der Waals surface area contributed by atoms with E-state index < -0.39 is 11.8 Å². The number of hydrogen-bond donors (Lipinski definition) is 1. The van der Waals surface area contributed by atoms with Crippen LogP contribution in [0.1, 0.15) is 21.5 Å². The van der Waals surface area contributed by atoms with Crippen LogP contribution in [0, 0.1) is 6.92 Å². The molecular weight excluding hydrogens is 328 g/mol. The Labute approximate surface area is 144 Å². The van der Waals surface area contributed by atoms with E-state index in [1.807, 2.05) is 0 Å². The minimum absolute atomic E-state index is 0.116. The summed E-state index contributed by atoms with van der Waals surface area (Å²) in [6.07, 6.45) is 0.116. The average Bonchev–Trinajstić information content (AvgIpc) is 2.56. The molecule has 0 fully saturated rings. The molecule has 0 aliphatic carbocycles. The van der Waals surface area contributed by atoms with Crippen LogP contribution < -0.4 is 5.32 Å². The lowest BCUT2D eigenvalue weighted by Crippen LogP contribution is -2.46. The summed E-state index contributed by atoms with van der Waals surface area (Å²) in [5, 5.41) is 3.23. The van der Waals surface area contributed by atoms with Crippen molar-refractivity contribution in [3.8, 4) is 0 Å². The lowest BCUT2D eigenvalue weighted by atomic mass is 9.98. The second-order valence-electron chi connectivity index (χ2n) is 5.58. The van der Waals surface area contributed by atoms with Crippen molar-refractivity contribution < 1.29 is 14.4 Å². The fraction of sp³-hybridized carbons (Fsp3) is 0.167. The largest absolute Gasteiger partial charge is 0.324 e. The molecule has 122 valence electrons. The van der Waals surface area contributed by atoms with Gasteiger partial charge in [0.15, 0.2) is 0 Å². The zero-order chi connectivity index (χ0) is 17.3. The van der Waals surface area contributed by atoms with Crippen LogP contribution in [0.4, 0.5) is 5.69 Å². The van der Waals surface area contributed by atoms with Crippen molar-refractivity contribution in [2.75, 3.05) is 11.9 Å². The maximum absolute atomic E-state index is 12.4. The molecule has 24 heavy (non-hydrogen) atoms. The van der Waals surface area contributed by atoms with E-state index in [-0.39, 0.29) is 18.9 Å². The van der Waals surface area contributed by atoms with Crippen molar-refractivity contribution in [2.45, 2.75) is 13.3 Å². The molecule has 0 unspecified atom stereocenters. The highest BCUT2D eigenvalue weighted by Gasteiger charge is 2.31. The molecule has 0 spiro atoms. The number of rotatable bonds is 3. The minimum atomic E-state index is -0.445. The smallest absolute Gasteiger partial charge is 0.261 e. The van der Waals surface area contributed by atoms with Gasteiger partial charge >= 0.3 is 0 Å². The molecule has 0 radical (unpaired) electrons. The summed E-state index contributed by atoms with van der Waals surface area (Å²) in [5.41, 5.74) is 2.44. The summed E-state index contributed by atoms with van der Waals surface area (Å²) in [5.74, 6) is -1.27. The Morgan fingerprint density at radius 1 is 1.17 bits per heavy atom. The number of carbonyl (C=O) groups is 3. The SMILES string of the molecule is Cc1c(Cl)cccc1NC(=O)CN1C(=O)Cc2ccccc2C1=O. The molecule has 5 nitrogen and oxygen atoms in total. The third-order valence-electron chi connectivity index (χ3n) is 3.98. The average molecular weight is 343 g/mol. The third-order valence-corrected chi connectivity index (χ3v) is 4.39. The van der Waals surface area contributed by atoms with Crippen LogP contribution in [0.2, 0.25) is 5.02 Å². The van der Waals surface area contributed by atoms with E-state index in [4.69, 9.17) is 11.6 Å². The first-order chi connectivity index (χ1) is 11.5. The number of nitrogens with one attached hydrogen (secondary N) is 1. The number of carbonyl (C=O) groups excluding carboxylic acids is 3. The molecule has 0 aromatic heterocycles. The molecular formula is C18H15ClN2O3. The van der Waals surface area contributed by atoms with E-state index in [9.17, 15) is 14.4 Å². The van der Waals surface area contributed by atoms with Crippen LogP contribution in [0.15, 0.2) is 42.5 Å². The molecule has 1 heterocycles. The molecule has 2 aromatic rings. The van der Waals surface area contributed by atoms with Crippen LogP contribution in [0.5, 0.6) is 0 Å². The van der Waals surface area contributed by atoms with Crippen molar-refractivity contribution in [3.63, 3.8) is 0 Å². The second-order valence-corrected chi connectivity index (χ2v) is 5.99. The molecule has 3 amide bonds. The Kier molecular flexibility index (Phi) is 4.36. The topological polar surface area (TPSA) is 66.5 Å². The number of halogens is 1. The quantitative estimate of drug-likeness (QED) is 0.872. The summed E-state index contributed by atoms with van der Waals surface area (Å²) < 4.78 is 0. The van der Waals surface area contributed by atoms with Crippen LogP contribution in [-0.4, -0.2) is 29.2 Å². The monoisotopic (exact) mass is 342 g/mol. The number of imide groups is 1. The van der Waals surface area contributed by atoms with Crippen LogP contribution >= 0.6 is 11.6 Å². The highest BCUT2D eigenvalue weighted by molar-refractivity contribution is 6.31. The van der Waals surface area contributed by atoms with Gasteiger partial charge in [-0.25, -0.2) is 0 Å². The fourth-order valence-electron chi connectivity index (χ4n) is 2.64. The van der Waals surface area contributed by atoms with Gasteiger partial charge in [-0.3, -0.25) is 19.3 Å². The van der Waals surface area contributed by atoms with Crippen molar-refractivity contribution in [1.82, 2.24) is 4.90 Å². The summed E-state index contributed by atoms with van der Waals surface area (Å²) in [6.45, 7) is 1.46. The Morgan fingerprint density at radius 3 is 2.71 bits per heavy atom. The Morgan fingerprint density at radius 2 is 1.92 bits per heavy atom. The zero-order valence-corrected chi connectivity index (χ0v) is 13.8. The Bertz CT molecular complexity index is 848. The van der Waals surface area contributed by atoms with Gasteiger partial charge < -0.3 is 5.32 Å². The fourth-order valence-corrected chi connectivity index (χ4v) is 2.81. The number of fused-ring (bicyclic) bond motifs is 1. The Hall–Kier alpha value is -2.66. The lowest BCUT2D eigenvalue weighted by molar-refractivity contribution is -0.131. The number of anilines is 1. The van der Waals surface area contributed by atoms with Gasteiger partial charge in [0.25, 0.3) is 5.91 Å². The first kappa shape index (κ1) is 16.2. The van der Waals surface area contributed by atoms with E-state index in [1.54, 1.807) is 49.4 Å². The number of nitrogens with zero attached hydrogens (tertiary/aromatic N) is 1. The van der Waals surface area contributed by atoms with Gasteiger partial charge in [0.05, 0.1) is 6.42 Å². The van der Waals surface area contributed by atoms with E-state index in [0.717, 1.165) is 10.5 Å². The van der Waals surface area contributed by atoms with Gasteiger partial charge in [-0.15, -0.1) is 0 Å². The first-order valence-electron chi connectivity index (χ1n) is 7.45. The lowest BCUT2D eigenvalue weighted by Gasteiger charge is -2.26. The first-order valence-corrected chi connectivity index (χ1v) is 7.82. The van der Waals surface area contributed by atoms with Gasteiger partial charge in [-0.05, 0) is 36.2 Å². The highest BCUT2D eigenvalue weighted by Crippen LogP contribution is 2.23. The minimum Gasteiger partial charge on any atom is -0.324 e. The summed E-state index contributed by atoms with van der Waals surface area (Å²) in [7, 11) is 0. The number of amides is 3. The summed E-state index contributed by atoms with van der Waals surface area (Å²) >= 11 is 6.02. The molecule has 0 bridgehead atoms. The zero-order valence-electron chi connectivity index (χ0n) is 13.0. The van der Waals surface area contributed by atoms with Gasteiger partial charge in [-0.2, -0.15) is 0 Å². The second kappa shape index (κ2) is 6.45. The van der Waals surface area contributed by atoms with Gasteiger partial charge in [0.2, 0.25) is 11.8 Å². The molecule has 2 aromatic carbocycles. The van der Waals surface area contributed by atoms with Crippen LogP contribution in [0.3, 0.4) is 0 Å².